The topological polar surface area (TPSA) is 44.4 Å². The zero-order valence-corrected chi connectivity index (χ0v) is 14.1. The van der Waals surface area contributed by atoms with Crippen LogP contribution < -0.4 is 10.6 Å². The largest absolute Gasteiger partial charge is 0.337 e. The molecule has 2 amide bonds. The fourth-order valence-corrected chi connectivity index (χ4v) is 2.97. The number of nitrogens with one attached hydrogen (secondary N) is 2. The molecule has 21 heavy (non-hydrogen) atoms. The van der Waals surface area contributed by atoms with E-state index < -0.39 is 0 Å². The molecule has 4 heteroatoms. The Morgan fingerprint density at radius 1 is 0.857 bits per heavy atom. The van der Waals surface area contributed by atoms with Gasteiger partial charge in [-0.3, -0.25) is 0 Å². The van der Waals surface area contributed by atoms with Crippen molar-refractivity contribution in [1.82, 2.24) is 15.5 Å². The SMILES string of the molecule is CN(C)C(=O)NCCNC1CCCCCCCCCCC1. The standard InChI is InChI=1S/C17H35N3O/c1-20(2)17(21)19-15-14-18-16-12-10-8-6-4-3-5-7-9-11-13-16/h16,18H,3-15H2,1-2H3,(H,19,21). The van der Waals surface area contributed by atoms with Crippen LogP contribution in [-0.4, -0.2) is 44.2 Å². The Labute approximate surface area is 131 Å². The average molecular weight is 297 g/mol. The molecule has 0 aliphatic heterocycles. The van der Waals surface area contributed by atoms with Gasteiger partial charge in [0.25, 0.3) is 0 Å². The summed E-state index contributed by atoms with van der Waals surface area (Å²) in [5.74, 6) is 0. The van der Waals surface area contributed by atoms with Gasteiger partial charge in [0.15, 0.2) is 0 Å². The summed E-state index contributed by atoms with van der Waals surface area (Å²) in [7, 11) is 3.55. The molecule has 1 fully saturated rings. The lowest BCUT2D eigenvalue weighted by molar-refractivity contribution is 0.217. The normalized spacial score (nSPS) is 19.3. The number of rotatable bonds is 4. The third-order valence-electron chi connectivity index (χ3n) is 4.35. The molecule has 2 N–H and O–H groups in total. The Kier molecular flexibility index (Phi) is 10.3. The summed E-state index contributed by atoms with van der Waals surface area (Å²) in [6, 6.07) is 0.635. The molecule has 1 rings (SSSR count). The lowest BCUT2D eigenvalue weighted by Crippen LogP contribution is -2.40. The third kappa shape index (κ3) is 9.72. The van der Waals surface area contributed by atoms with Crippen LogP contribution in [0.3, 0.4) is 0 Å². The average Bonchev–Trinajstić information content (AvgIpc) is 2.45. The predicted molar refractivity (Wildman–Crippen MR) is 89.7 cm³/mol. The van der Waals surface area contributed by atoms with Gasteiger partial charge in [-0.15, -0.1) is 0 Å². The van der Waals surface area contributed by atoms with Gasteiger partial charge >= 0.3 is 6.03 Å². The summed E-state index contributed by atoms with van der Waals surface area (Å²) in [6.45, 7) is 1.60. The molecular weight excluding hydrogens is 262 g/mol. The summed E-state index contributed by atoms with van der Waals surface area (Å²) >= 11 is 0. The Hall–Kier alpha value is -0.770. The summed E-state index contributed by atoms with van der Waals surface area (Å²) in [6.07, 6.45) is 15.2. The van der Waals surface area contributed by atoms with E-state index in [0.29, 0.717) is 12.6 Å². The lowest BCUT2D eigenvalue weighted by Gasteiger charge is -2.20. The Morgan fingerprint density at radius 3 is 1.81 bits per heavy atom. The van der Waals surface area contributed by atoms with Gasteiger partial charge in [0.2, 0.25) is 0 Å². The zero-order chi connectivity index (χ0) is 15.3. The van der Waals surface area contributed by atoms with Crippen LogP contribution in [0, 0.1) is 0 Å². The van der Waals surface area contributed by atoms with Gasteiger partial charge < -0.3 is 15.5 Å². The number of carbonyl (C=O) groups is 1. The number of carbonyl (C=O) groups excluding carboxylic acids is 1. The van der Waals surface area contributed by atoms with Crippen molar-refractivity contribution in [2.24, 2.45) is 0 Å². The van der Waals surface area contributed by atoms with Crippen molar-refractivity contribution in [3.05, 3.63) is 0 Å². The Balaban J connectivity index is 2.17. The van der Waals surface area contributed by atoms with Crippen LogP contribution in [0.2, 0.25) is 0 Å². The third-order valence-corrected chi connectivity index (χ3v) is 4.35. The fraction of sp³-hybridized carbons (Fsp3) is 0.941. The molecule has 124 valence electrons. The highest BCUT2D eigenvalue weighted by molar-refractivity contribution is 5.73. The first-order chi connectivity index (χ1) is 10.2. The number of hydrogen-bond acceptors (Lipinski definition) is 2. The van der Waals surface area contributed by atoms with E-state index in [0.717, 1.165) is 6.54 Å². The van der Waals surface area contributed by atoms with Gasteiger partial charge in [-0.25, -0.2) is 4.79 Å². The smallest absolute Gasteiger partial charge is 0.316 e. The van der Waals surface area contributed by atoms with Crippen LogP contribution in [-0.2, 0) is 0 Å². The van der Waals surface area contributed by atoms with Gasteiger partial charge in [-0.2, -0.15) is 0 Å². The number of nitrogens with zero attached hydrogens (tertiary/aromatic N) is 1. The summed E-state index contributed by atoms with van der Waals surface area (Å²) in [4.78, 5) is 13.0. The van der Waals surface area contributed by atoms with Crippen molar-refractivity contribution in [3.8, 4) is 0 Å². The molecule has 0 spiro atoms. The maximum Gasteiger partial charge on any atom is 0.316 e. The molecule has 1 saturated carbocycles. The second-order valence-electron chi connectivity index (χ2n) is 6.54. The molecule has 4 nitrogen and oxygen atoms in total. The van der Waals surface area contributed by atoms with E-state index >= 15 is 0 Å². The molecule has 1 aliphatic rings. The fourth-order valence-electron chi connectivity index (χ4n) is 2.97. The number of urea groups is 1. The van der Waals surface area contributed by atoms with E-state index in [1.165, 1.54) is 70.6 Å². The molecule has 0 bridgehead atoms. The van der Waals surface area contributed by atoms with Gasteiger partial charge in [0, 0.05) is 33.2 Å². The monoisotopic (exact) mass is 297 g/mol. The molecule has 0 aromatic rings. The first-order valence-electron chi connectivity index (χ1n) is 8.88. The quantitative estimate of drug-likeness (QED) is 0.780. The molecule has 0 heterocycles. The van der Waals surface area contributed by atoms with Crippen LogP contribution in [0.4, 0.5) is 4.79 Å². The summed E-state index contributed by atoms with van der Waals surface area (Å²) < 4.78 is 0. The van der Waals surface area contributed by atoms with Gasteiger partial charge in [-0.05, 0) is 12.8 Å². The van der Waals surface area contributed by atoms with E-state index in [-0.39, 0.29) is 6.03 Å². The van der Waals surface area contributed by atoms with Crippen molar-refractivity contribution in [2.45, 2.75) is 76.7 Å². The first kappa shape index (κ1) is 18.3. The highest BCUT2D eigenvalue weighted by Crippen LogP contribution is 2.16. The molecule has 1 aliphatic carbocycles. The first-order valence-corrected chi connectivity index (χ1v) is 8.88. The second kappa shape index (κ2) is 11.8. The van der Waals surface area contributed by atoms with Crippen molar-refractivity contribution in [1.29, 1.82) is 0 Å². The van der Waals surface area contributed by atoms with Crippen LogP contribution >= 0.6 is 0 Å². The van der Waals surface area contributed by atoms with Crippen molar-refractivity contribution in [3.63, 3.8) is 0 Å². The van der Waals surface area contributed by atoms with E-state index in [2.05, 4.69) is 10.6 Å². The second-order valence-corrected chi connectivity index (χ2v) is 6.54. The van der Waals surface area contributed by atoms with E-state index in [1.54, 1.807) is 19.0 Å². The maximum atomic E-state index is 11.4. The minimum atomic E-state index is -0.00417. The molecule has 0 aromatic heterocycles. The van der Waals surface area contributed by atoms with Crippen molar-refractivity contribution < 1.29 is 4.79 Å². The van der Waals surface area contributed by atoms with Crippen LogP contribution in [0.1, 0.15) is 70.6 Å². The van der Waals surface area contributed by atoms with Crippen LogP contribution in [0.5, 0.6) is 0 Å². The van der Waals surface area contributed by atoms with Gasteiger partial charge in [0.1, 0.15) is 0 Å². The molecule has 0 atom stereocenters. The minimum absolute atomic E-state index is 0.00417. The molecular formula is C17H35N3O. The summed E-state index contributed by atoms with van der Waals surface area (Å²) in [5, 5.41) is 6.55. The maximum absolute atomic E-state index is 11.4. The number of amides is 2. The van der Waals surface area contributed by atoms with Crippen LogP contribution in [0.25, 0.3) is 0 Å². The molecule has 0 saturated heterocycles. The highest BCUT2D eigenvalue weighted by Gasteiger charge is 2.09. The van der Waals surface area contributed by atoms with E-state index in [4.69, 9.17) is 0 Å². The zero-order valence-electron chi connectivity index (χ0n) is 14.1. The van der Waals surface area contributed by atoms with Crippen molar-refractivity contribution in [2.75, 3.05) is 27.2 Å². The number of hydrogen-bond donors (Lipinski definition) is 2. The summed E-state index contributed by atoms with van der Waals surface area (Å²) in [5.41, 5.74) is 0. The van der Waals surface area contributed by atoms with E-state index in [1.807, 2.05) is 0 Å². The van der Waals surface area contributed by atoms with Crippen LogP contribution in [0.15, 0.2) is 0 Å². The Bertz CT molecular complexity index is 257. The minimum Gasteiger partial charge on any atom is -0.337 e. The van der Waals surface area contributed by atoms with Crippen molar-refractivity contribution >= 4 is 6.03 Å². The predicted octanol–water partition coefficient (Wildman–Crippen LogP) is 3.52. The van der Waals surface area contributed by atoms with Gasteiger partial charge in [-0.1, -0.05) is 57.8 Å². The highest BCUT2D eigenvalue weighted by atomic mass is 16.2. The Morgan fingerprint density at radius 2 is 1.33 bits per heavy atom. The van der Waals surface area contributed by atoms with E-state index in [9.17, 15) is 4.79 Å². The molecule has 0 aromatic carbocycles. The lowest BCUT2D eigenvalue weighted by atomic mass is 9.98. The van der Waals surface area contributed by atoms with Gasteiger partial charge in [0.05, 0.1) is 0 Å². The molecule has 0 radical (unpaired) electrons. The molecule has 0 unspecified atom stereocenters.